The lowest BCUT2D eigenvalue weighted by Gasteiger charge is -2.10. The van der Waals surface area contributed by atoms with E-state index in [4.69, 9.17) is 0 Å². The number of thioether (sulfide) groups is 1. The fraction of sp³-hybridized carbons (Fsp3) is 0.500. The predicted octanol–water partition coefficient (Wildman–Crippen LogP) is 3.72. The second-order valence-electron chi connectivity index (χ2n) is 5.16. The van der Waals surface area contributed by atoms with Gasteiger partial charge in [-0.05, 0) is 37.8 Å². The zero-order chi connectivity index (χ0) is 13.8. The molecule has 1 atom stereocenters. The van der Waals surface area contributed by atoms with Crippen molar-refractivity contribution in [2.75, 3.05) is 12.8 Å². The number of aryl methyl sites for hydroxylation is 2. The van der Waals surface area contributed by atoms with E-state index in [1.807, 2.05) is 11.8 Å². The summed E-state index contributed by atoms with van der Waals surface area (Å²) < 4.78 is 2.32. The van der Waals surface area contributed by atoms with Crippen LogP contribution in [-0.4, -0.2) is 22.6 Å². The van der Waals surface area contributed by atoms with Gasteiger partial charge in [0.2, 0.25) is 0 Å². The molecule has 2 rings (SSSR count). The van der Waals surface area contributed by atoms with E-state index < -0.39 is 0 Å². The Labute approximate surface area is 120 Å². The molecule has 0 bridgehead atoms. The average molecular weight is 276 g/mol. The van der Waals surface area contributed by atoms with Crippen LogP contribution < -0.4 is 5.32 Å². The van der Waals surface area contributed by atoms with E-state index in [2.05, 4.69) is 61.3 Å². The van der Waals surface area contributed by atoms with Crippen LogP contribution in [0.25, 0.3) is 10.9 Å². The molecule has 0 aliphatic carbocycles. The molecule has 19 heavy (non-hydrogen) atoms. The number of fused-ring (bicyclic) bond motifs is 1. The summed E-state index contributed by atoms with van der Waals surface area (Å²) in [6.45, 7) is 6.55. The van der Waals surface area contributed by atoms with Crippen LogP contribution in [0.1, 0.15) is 24.6 Å². The van der Waals surface area contributed by atoms with Gasteiger partial charge in [-0.2, -0.15) is 11.8 Å². The number of nitrogens with zero attached hydrogens (tertiary/aromatic N) is 1. The zero-order valence-corrected chi connectivity index (χ0v) is 13.2. The van der Waals surface area contributed by atoms with Crippen molar-refractivity contribution in [3.05, 3.63) is 35.5 Å². The Morgan fingerprint density at radius 2 is 2.05 bits per heavy atom. The van der Waals surface area contributed by atoms with Gasteiger partial charge in [0.1, 0.15) is 0 Å². The van der Waals surface area contributed by atoms with Crippen LogP contribution in [0.15, 0.2) is 24.3 Å². The van der Waals surface area contributed by atoms with Crippen molar-refractivity contribution in [2.24, 2.45) is 7.05 Å². The summed E-state index contributed by atoms with van der Waals surface area (Å²) in [5.41, 5.74) is 4.14. The quantitative estimate of drug-likeness (QED) is 0.810. The molecule has 104 valence electrons. The molecule has 1 aromatic carbocycles. The molecule has 0 fully saturated rings. The number of nitrogens with one attached hydrogen (secondary N) is 1. The minimum Gasteiger partial charge on any atom is -0.346 e. The van der Waals surface area contributed by atoms with E-state index in [-0.39, 0.29) is 0 Å². The molecule has 2 aromatic rings. The number of hydrogen-bond acceptors (Lipinski definition) is 2. The van der Waals surface area contributed by atoms with Crippen molar-refractivity contribution in [2.45, 2.75) is 32.1 Å². The number of benzene rings is 1. The molecule has 0 aliphatic heterocycles. The smallest absolute Gasteiger partial charge is 0.0483 e. The van der Waals surface area contributed by atoms with Gasteiger partial charge in [-0.1, -0.05) is 25.1 Å². The van der Waals surface area contributed by atoms with Crippen LogP contribution >= 0.6 is 11.8 Å². The van der Waals surface area contributed by atoms with Crippen LogP contribution in [0.4, 0.5) is 0 Å². The van der Waals surface area contributed by atoms with Gasteiger partial charge in [0.05, 0.1) is 0 Å². The highest BCUT2D eigenvalue weighted by atomic mass is 32.2. The highest BCUT2D eigenvalue weighted by Crippen LogP contribution is 2.24. The first-order valence-corrected chi connectivity index (χ1v) is 8.20. The standard InChI is InChI=1S/C16H24N2S/c1-12(19-4)9-10-17-11-16-13(2)14-7-5-6-8-15(14)18(16)3/h5-8,12,17H,9-11H2,1-4H3. The number of aromatic nitrogens is 1. The van der Waals surface area contributed by atoms with E-state index in [0.717, 1.165) is 18.3 Å². The normalized spacial score (nSPS) is 13.1. The van der Waals surface area contributed by atoms with Crippen molar-refractivity contribution in [1.82, 2.24) is 9.88 Å². The SMILES string of the molecule is CSC(C)CCNCc1c(C)c2ccccc2n1C. The van der Waals surface area contributed by atoms with Crippen LogP contribution in [0.5, 0.6) is 0 Å². The Kier molecular flexibility index (Phi) is 4.94. The highest BCUT2D eigenvalue weighted by molar-refractivity contribution is 7.99. The summed E-state index contributed by atoms with van der Waals surface area (Å²) in [6, 6.07) is 8.64. The molecule has 0 spiro atoms. The molecular formula is C16H24N2S. The summed E-state index contributed by atoms with van der Waals surface area (Å²) in [5, 5.41) is 5.69. The number of hydrogen-bond donors (Lipinski definition) is 1. The fourth-order valence-electron chi connectivity index (χ4n) is 2.52. The van der Waals surface area contributed by atoms with Crippen LogP contribution in [0, 0.1) is 6.92 Å². The first-order chi connectivity index (χ1) is 9.15. The molecule has 0 saturated carbocycles. The Hall–Kier alpha value is -0.930. The van der Waals surface area contributed by atoms with Gasteiger partial charge in [0.15, 0.2) is 0 Å². The summed E-state index contributed by atoms with van der Waals surface area (Å²) in [6.07, 6.45) is 3.41. The molecule has 0 amide bonds. The van der Waals surface area contributed by atoms with Gasteiger partial charge in [0, 0.05) is 35.4 Å². The van der Waals surface area contributed by atoms with E-state index in [1.54, 1.807) is 0 Å². The molecule has 1 aromatic heterocycles. The molecule has 1 heterocycles. The van der Waals surface area contributed by atoms with Gasteiger partial charge >= 0.3 is 0 Å². The molecular weight excluding hydrogens is 252 g/mol. The second kappa shape index (κ2) is 6.49. The Balaban J connectivity index is 2.05. The first kappa shape index (κ1) is 14.5. The Bertz CT molecular complexity index is 506. The lowest BCUT2D eigenvalue weighted by molar-refractivity contribution is 0.625. The number of rotatable bonds is 6. The largest absolute Gasteiger partial charge is 0.346 e. The predicted molar refractivity (Wildman–Crippen MR) is 87.0 cm³/mol. The summed E-state index contributed by atoms with van der Waals surface area (Å²) >= 11 is 1.94. The molecule has 3 heteroatoms. The van der Waals surface area contributed by atoms with Crippen LogP contribution in [-0.2, 0) is 13.6 Å². The summed E-state index contributed by atoms with van der Waals surface area (Å²) in [7, 11) is 2.16. The second-order valence-corrected chi connectivity index (χ2v) is 6.44. The lowest BCUT2D eigenvalue weighted by atomic mass is 10.1. The molecule has 0 saturated heterocycles. The van der Waals surface area contributed by atoms with E-state index in [0.29, 0.717) is 0 Å². The van der Waals surface area contributed by atoms with Crippen molar-refractivity contribution in [3.63, 3.8) is 0 Å². The minimum absolute atomic E-state index is 0.737. The minimum atomic E-state index is 0.737. The molecule has 0 radical (unpaired) electrons. The summed E-state index contributed by atoms with van der Waals surface area (Å²) in [5.74, 6) is 0. The van der Waals surface area contributed by atoms with Crippen molar-refractivity contribution in [3.8, 4) is 0 Å². The molecule has 1 N–H and O–H groups in total. The average Bonchev–Trinajstić information content (AvgIpc) is 2.68. The first-order valence-electron chi connectivity index (χ1n) is 6.91. The maximum absolute atomic E-state index is 3.58. The molecule has 0 aliphatic rings. The topological polar surface area (TPSA) is 17.0 Å². The third-order valence-corrected chi connectivity index (χ3v) is 4.97. The zero-order valence-electron chi connectivity index (χ0n) is 12.4. The highest BCUT2D eigenvalue weighted by Gasteiger charge is 2.10. The van der Waals surface area contributed by atoms with Gasteiger partial charge in [-0.15, -0.1) is 0 Å². The lowest BCUT2D eigenvalue weighted by Crippen LogP contribution is -2.19. The van der Waals surface area contributed by atoms with Gasteiger partial charge < -0.3 is 9.88 Å². The maximum Gasteiger partial charge on any atom is 0.0483 e. The maximum atomic E-state index is 3.58. The fourth-order valence-corrected chi connectivity index (χ4v) is 2.87. The summed E-state index contributed by atoms with van der Waals surface area (Å²) in [4.78, 5) is 0. The third kappa shape index (κ3) is 3.15. The number of para-hydroxylation sites is 1. The van der Waals surface area contributed by atoms with Crippen molar-refractivity contribution < 1.29 is 0 Å². The van der Waals surface area contributed by atoms with Crippen molar-refractivity contribution >= 4 is 22.7 Å². The van der Waals surface area contributed by atoms with Gasteiger partial charge in [-0.3, -0.25) is 0 Å². The van der Waals surface area contributed by atoms with Gasteiger partial charge in [-0.25, -0.2) is 0 Å². The van der Waals surface area contributed by atoms with Crippen molar-refractivity contribution in [1.29, 1.82) is 0 Å². The molecule has 2 nitrogen and oxygen atoms in total. The van der Waals surface area contributed by atoms with Gasteiger partial charge in [0.25, 0.3) is 0 Å². The monoisotopic (exact) mass is 276 g/mol. The van der Waals surface area contributed by atoms with Crippen LogP contribution in [0.2, 0.25) is 0 Å². The van der Waals surface area contributed by atoms with Crippen LogP contribution in [0.3, 0.4) is 0 Å². The van der Waals surface area contributed by atoms with E-state index >= 15 is 0 Å². The third-order valence-electron chi connectivity index (χ3n) is 3.93. The Morgan fingerprint density at radius 1 is 1.32 bits per heavy atom. The Morgan fingerprint density at radius 3 is 2.74 bits per heavy atom. The van der Waals surface area contributed by atoms with E-state index in [1.165, 1.54) is 28.6 Å². The molecule has 1 unspecified atom stereocenters. The van der Waals surface area contributed by atoms with E-state index in [9.17, 15) is 0 Å².